The van der Waals surface area contributed by atoms with Gasteiger partial charge in [0.1, 0.15) is 12.1 Å². The Labute approximate surface area is 300 Å². The summed E-state index contributed by atoms with van der Waals surface area (Å²) in [6, 6.07) is 28.8. The molecule has 0 fully saturated rings. The highest BCUT2D eigenvalue weighted by molar-refractivity contribution is 5.95. The summed E-state index contributed by atoms with van der Waals surface area (Å²) >= 11 is 0. The molecule has 0 saturated heterocycles. The quantitative estimate of drug-likeness (QED) is 0.134. The first-order chi connectivity index (χ1) is 24.4. The molecular formula is C42H48F2N4O3. The minimum Gasteiger partial charge on any atom is -0.354 e. The predicted octanol–water partition coefficient (Wildman–Crippen LogP) is 6.37. The number of hydrogen-bond donors (Lipinski definition) is 2. The summed E-state index contributed by atoms with van der Waals surface area (Å²) in [7, 11) is 4.94. The molecule has 2 atom stereocenters. The second-order valence-electron chi connectivity index (χ2n) is 13.4. The lowest BCUT2D eigenvalue weighted by molar-refractivity contribution is -0.146. The van der Waals surface area contributed by atoms with E-state index in [2.05, 4.69) is 10.6 Å². The zero-order valence-corrected chi connectivity index (χ0v) is 30.0. The maximum atomic E-state index is 14.5. The van der Waals surface area contributed by atoms with Gasteiger partial charge in [0.05, 0.1) is 0 Å². The van der Waals surface area contributed by atoms with Gasteiger partial charge in [0.15, 0.2) is 11.6 Å². The Morgan fingerprint density at radius 3 is 1.94 bits per heavy atom. The fourth-order valence-electron chi connectivity index (χ4n) is 5.68. The molecule has 0 saturated carbocycles. The van der Waals surface area contributed by atoms with E-state index in [4.69, 9.17) is 0 Å². The van der Waals surface area contributed by atoms with Crippen molar-refractivity contribution in [1.82, 2.24) is 20.4 Å². The highest BCUT2D eigenvalue weighted by Crippen LogP contribution is 2.22. The first-order valence-electron chi connectivity index (χ1n) is 17.2. The van der Waals surface area contributed by atoms with E-state index < -0.39 is 35.5 Å². The molecule has 0 aliphatic heterocycles. The lowest BCUT2D eigenvalue weighted by Gasteiger charge is -2.34. The molecule has 51 heavy (non-hydrogen) atoms. The van der Waals surface area contributed by atoms with Gasteiger partial charge in [-0.3, -0.25) is 14.4 Å². The van der Waals surface area contributed by atoms with Gasteiger partial charge in [0.25, 0.3) is 0 Å². The van der Waals surface area contributed by atoms with Crippen LogP contribution in [0.15, 0.2) is 115 Å². The van der Waals surface area contributed by atoms with E-state index >= 15 is 0 Å². The number of amides is 3. The van der Waals surface area contributed by atoms with Gasteiger partial charge in [0, 0.05) is 39.0 Å². The van der Waals surface area contributed by atoms with Crippen LogP contribution in [0.1, 0.15) is 37.0 Å². The van der Waals surface area contributed by atoms with Crippen LogP contribution in [0.25, 0.3) is 11.1 Å². The molecule has 2 N–H and O–H groups in total. The maximum absolute atomic E-state index is 14.5. The van der Waals surface area contributed by atoms with Gasteiger partial charge < -0.3 is 20.4 Å². The van der Waals surface area contributed by atoms with Gasteiger partial charge in [-0.25, -0.2) is 8.78 Å². The van der Waals surface area contributed by atoms with Crippen LogP contribution < -0.4 is 10.6 Å². The van der Waals surface area contributed by atoms with Crippen molar-refractivity contribution in [2.24, 2.45) is 0 Å². The number of hydrogen-bond acceptors (Lipinski definition) is 4. The van der Waals surface area contributed by atoms with Crippen molar-refractivity contribution in [1.29, 1.82) is 0 Å². The van der Waals surface area contributed by atoms with E-state index in [1.807, 2.05) is 106 Å². The Hall–Kier alpha value is -5.15. The van der Waals surface area contributed by atoms with Crippen molar-refractivity contribution in [3.63, 3.8) is 0 Å². The number of nitrogens with one attached hydrogen (secondary N) is 2. The highest BCUT2D eigenvalue weighted by atomic mass is 19.2. The summed E-state index contributed by atoms with van der Waals surface area (Å²) in [4.78, 5) is 44.5. The third-order valence-electron chi connectivity index (χ3n) is 9.24. The second kappa shape index (κ2) is 18.2. The van der Waals surface area contributed by atoms with E-state index in [-0.39, 0.29) is 24.3 Å². The first kappa shape index (κ1) is 38.6. The van der Waals surface area contributed by atoms with Gasteiger partial charge in [-0.1, -0.05) is 97.1 Å². The van der Waals surface area contributed by atoms with Crippen LogP contribution in [-0.2, 0) is 33.6 Å². The fourth-order valence-corrected chi connectivity index (χ4v) is 5.68. The summed E-state index contributed by atoms with van der Waals surface area (Å²) in [5.74, 6) is -3.32. The topological polar surface area (TPSA) is 81.8 Å². The van der Waals surface area contributed by atoms with Crippen LogP contribution in [0.3, 0.4) is 0 Å². The Bertz CT molecular complexity index is 1780. The van der Waals surface area contributed by atoms with E-state index in [1.165, 1.54) is 29.0 Å². The monoisotopic (exact) mass is 694 g/mol. The SMILES string of the molecule is CNC(C)(C)CC=CC(=O)N(C)[C@H](Cc1ccc(-c2ccccc2)cc1)C(=O)N(C)[C@H](Cc1ccc(F)c(F)c1)C(=O)NCCc1ccccc1. The highest BCUT2D eigenvalue weighted by Gasteiger charge is 2.35. The summed E-state index contributed by atoms with van der Waals surface area (Å²) in [6.45, 7) is 4.34. The van der Waals surface area contributed by atoms with Gasteiger partial charge in [-0.2, -0.15) is 0 Å². The third kappa shape index (κ3) is 11.2. The molecular weight excluding hydrogens is 646 g/mol. The van der Waals surface area contributed by atoms with Crippen molar-refractivity contribution in [2.75, 3.05) is 27.7 Å². The van der Waals surface area contributed by atoms with Gasteiger partial charge in [-0.15, -0.1) is 0 Å². The number of rotatable bonds is 16. The molecule has 4 aromatic rings. The molecule has 9 heteroatoms. The van der Waals surface area contributed by atoms with Crippen molar-refractivity contribution in [3.05, 3.63) is 144 Å². The van der Waals surface area contributed by atoms with Gasteiger partial charge in [-0.05, 0) is 79.8 Å². The molecule has 0 aromatic heterocycles. The van der Waals surface area contributed by atoms with Gasteiger partial charge >= 0.3 is 0 Å². The Kier molecular flexibility index (Phi) is 13.8. The van der Waals surface area contributed by atoms with E-state index in [1.54, 1.807) is 13.1 Å². The Morgan fingerprint density at radius 2 is 1.31 bits per heavy atom. The number of nitrogens with zero attached hydrogens (tertiary/aromatic N) is 2. The number of carbonyl (C=O) groups is 3. The molecule has 0 unspecified atom stereocenters. The zero-order valence-electron chi connectivity index (χ0n) is 30.0. The van der Waals surface area contributed by atoms with Crippen molar-refractivity contribution in [3.8, 4) is 11.1 Å². The first-order valence-corrected chi connectivity index (χ1v) is 17.2. The molecule has 0 bridgehead atoms. The lowest BCUT2D eigenvalue weighted by Crippen LogP contribution is -2.56. The molecule has 0 radical (unpaired) electrons. The van der Waals surface area contributed by atoms with Crippen LogP contribution in [0.4, 0.5) is 8.78 Å². The van der Waals surface area contributed by atoms with Crippen LogP contribution >= 0.6 is 0 Å². The summed E-state index contributed by atoms with van der Waals surface area (Å²) in [5.41, 5.74) is 4.04. The number of likely N-dealkylation sites (N-methyl/N-ethyl adjacent to an activating group) is 2. The third-order valence-corrected chi connectivity index (χ3v) is 9.24. The molecule has 4 aromatic carbocycles. The smallest absolute Gasteiger partial charge is 0.246 e. The standard InChI is InChI=1S/C42H48F2N4O3/c1-42(2,45-3)25-12-17-39(49)47(4)38(28-31-18-21-34(22-19-31)33-15-10-7-11-16-33)41(51)48(5)37(29-32-20-23-35(43)36(44)27-32)40(50)46-26-24-30-13-8-6-9-14-30/h6-23,27,37-38,45H,24-26,28-29H2,1-5H3,(H,46,50)/t37-,38-/m1/s1. The van der Waals surface area contributed by atoms with Crippen molar-refractivity contribution in [2.45, 2.75) is 57.2 Å². The molecule has 7 nitrogen and oxygen atoms in total. The molecule has 0 aliphatic carbocycles. The molecule has 0 aliphatic rings. The summed E-state index contributed by atoms with van der Waals surface area (Å²) in [6.07, 6.45) is 4.52. The molecule has 0 heterocycles. The predicted molar refractivity (Wildman–Crippen MR) is 199 cm³/mol. The number of halogens is 2. The Balaban J connectivity index is 1.62. The average molecular weight is 695 g/mol. The maximum Gasteiger partial charge on any atom is 0.246 e. The largest absolute Gasteiger partial charge is 0.354 e. The minimum atomic E-state index is -1.07. The van der Waals surface area contributed by atoms with Crippen LogP contribution in [0.5, 0.6) is 0 Å². The summed E-state index contributed by atoms with van der Waals surface area (Å²) in [5, 5.41) is 6.13. The Morgan fingerprint density at radius 1 is 0.725 bits per heavy atom. The van der Waals surface area contributed by atoms with Crippen molar-refractivity contribution >= 4 is 17.7 Å². The second-order valence-corrected chi connectivity index (χ2v) is 13.4. The average Bonchev–Trinajstić information content (AvgIpc) is 3.14. The van der Waals surface area contributed by atoms with E-state index in [0.717, 1.165) is 34.4 Å². The molecule has 268 valence electrons. The number of benzene rings is 4. The number of carbonyl (C=O) groups excluding carboxylic acids is 3. The van der Waals surface area contributed by atoms with Crippen LogP contribution in [0, 0.1) is 11.6 Å². The lowest BCUT2D eigenvalue weighted by atomic mass is 9.98. The van der Waals surface area contributed by atoms with E-state index in [0.29, 0.717) is 24.9 Å². The van der Waals surface area contributed by atoms with Crippen LogP contribution in [0.2, 0.25) is 0 Å². The zero-order chi connectivity index (χ0) is 37.0. The van der Waals surface area contributed by atoms with E-state index in [9.17, 15) is 23.2 Å². The summed E-state index contributed by atoms with van der Waals surface area (Å²) < 4.78 is 28.1. The minimum absolute atomic E-state index is 0.0637. The van der Waals surface area contributed by atoms with Crippen molar-refractivity contribution < 1.29 is 23.2 Å². The van der Waals surface area contributed by atoms with Crippen LogP contribution in [-0.4, -0.2) is 72.8 Å². The van der Waals surface area contributed by atoms with Gasteiger partial charge in [0.2, 0.25) is 17.7 Å². The molecule has 3 amide bonds. The fraction of sp³-hybridized carbons (Fsp3) is 0.310. The normalized spacial score (nSPS) is 12.7. The molecule has 4 rings (SSSR count). The molecule has 0 spiro atoms.